The average Bonchev–Trinajstić information content (AvgIpc) is 2.47. The molecule has 0 saturated carbocycles. The summed E-state index contributed by atoms with van der Waals surface area (Å²) in [6, 6.07) is 8.12. The molecule has 1 aliphatic heterocycles. The molecule has 1 aliphatic rings. The zero-order valence-electron chi connectivity index (χ0n) is 11.1. The lowest BCUT2D eigenvalue weighted by molar-refractivity contribution is 0.0311. The predicted molar refractivity (Wildman–Crippen MR) is 71.2 cm³/mol. The van der Waals surface area contributed by atoms with E-state index in [0.29, 0.717) is 5.56 Å². The lowest BCUT2D eigenvalue weighted by Gasteiger charge is -2.29. The minimum absolute atomic E-state index is 0.0255. The minimum Gasteiger partial charge on any atom is -0.389 e. The van der Waals surface area contributed by atoms with Crippen LogP contribution in [0.2, 0.25) is 0 Å². The molecular formula is C13H16N2O4S. The maximum Gasteiger partial charge on any atom is 0.243 e. The largest absolute Gasteiger partial charge is 0.389 e. The van der Waals surface area contributed by atoms with Crippen LogP contribution in [0.1, 0.15) is 18.6 Å². The third-order valence-electron chi connectivity index (χ3n) is 3.15. The van der Waals surface area contributed by atoms with Gasteiger partial charge in [0.05, 0.1) is 30.2 Å². The Balaban J connectivity index is 2.30. The highest BCUT2D eigenvalue weighted by Gasteiger charge is 2.30. The van der Waals surface area contributed by atoms with Gasteiger partial charge in [-0.05, 0) is 24.6 Å². The molecule has 2 unspecified atom stereocenters. The number of aliphatic hydroxyl groups is 1. The van der Waals surface area contributed by atoms with Gasteiger partial charge in [0, 0.05) is 6.54 Å². The Kier molecular flexibility index (Phi) is 4.40. The van der Waals surface area contributed by atoms with Crippen LogP contribution in [0.5, 0.6) is 0 Å². The van der Waals surface area contributed by atoms with Crippen LogP contribution in [0.15, 0.2) is 29.2 Å². The van der Waals surface area contributed by atoms with Gasteiger partial charge in [0.25, 0.3) is 0 Å². The highest BCUT2D eigenvalue weighted by molar-refractivity contribution is 7.89. The van der Waals surface area contributed by atoms with E-state index >= 15 is 0 Å². The Labute approximate surface area is 118 Å². The number of hydrogen-bond acceptors (Lipinski definition) is 5. The summed E-state index contributed by atoms with van der Waals surface area (Å²) < 4.78 is 31.4. The number of benzene rings is 1. The molecule has 0 bridgehead atoms. The van der Waals surface area contributed by atoms with Crippen LogP contribution in [0.25, 0.3) is 0 Å². The van der Waals surface area contributed by atoms with Crippen LogP contribution in [-0.4, -0.2) is 43.6 Å². The second kappa shape index (κ2) is 5.89. The second-order valence-corrected chi connectivity index (χ2v) is 6.54. The number of hydrogen-bond donors (Lipinski definition) is 1. The van der Waals surface area contributed by atoms with Crippen molar-refractivity contribution < 1.29 is 18.3 Å². The van der Waals surface area contributed by atoms with Gasteiger partial charge in [0.1, 0.15) is 0 Å². The van der Waals surface area contributed by atoms with Crippen molar-refractivity contribution in [2.24, 2.45) is 0 Å². The summed E-state index contributed by atoms with van der Waals surface area (Å²) in [5.41, 5.74) is 0.538. The van der Waals surface area contributed by atoms with Gasteiger partial charge in [-0.25, -0.2) is 8.42 Å². The molecule has 1 aromatic rings. The fraction of sp³-hybridized carbons (Fsp3) is 0.462. The molecule has 1 fully saturated rings. The second-order valence-electron chi connectivity index (χ2n) is 4.60. The Hall–Kier alpha value is -1.46. The van der Waals surface area contributed by atoms with Gasteiger partial charge in [0.2, 0.25) is 10.0 Å². The van der Waals surface area contributed by atoms with Crippen LogP contribution in [-0.2, 0) is 14.8 Å². The molecule has 2 rings (SSSR count). The van der Waals surface area contributed by atoms with Crippen molar-refractivity contribution in [3.05, 3.63) is 29.8 Å². The molecule has 108 valence electrons. The Morgan fingerprint density at radius 3 is 2.95 bits per heavy atom. The lowest BCUT2D eigenvalue weighted by Crippen LogP contribution is -2.45. The summed E-state index contributed by atoms with van der Waals surface area (Å²) in [5.74, 6) is 0. The van der Waals surface area contributed by atoms with E-state index in [1.165, 1.54) is 16.4 Å². The van der Waals surface area contributed by atoms with Crippen molar-refractivity contribution in [3.8, 4) is 6.07 Å². The number of nitriles is 1. The minimum atomic E-state index is -3.67. The summed E-state index contributed by atoms with van der Waals surface area (Å²) in [5, 5.41) is 18.4. The highest BCUT2D eigenvalue weighted by atomic mass is 32.2. The molecular weight excluding hydrogens is 280 g/mol. The van der Waals surface area contributed by atoms with Crippen molar-refractivity contribution in [3.63, 3.8) is 0 Å². The monoisotopic (exact) mass is 296 g/mol. The van der Waals surface area contributed by atoms with Crippen LogP contribution < -0.4 is 0 Å². The molecule has 20 heavy (non-hydrogen) atoms. The van der Waals surface area contributed by atoms with Gasteiger partial charge in [-0.1, -0.05) is 12.1 Å². The van der Waals surface area contributed by atoms with Crippen LogP contribution in [0, 0.1) is 11.3 Å². The molecule has 6 nitrogen and oxygen atoms in total. The summed E-state index contributed by atoms with van der Waals surface area (Å²) in [6.07, 6.45) is -1.47. The Morgan fingerprint density at radius 2 is 2.30 bits per heavy atom. The quantitative estimate of drug-likeness (QED) is 0.884. The van der Waals surface area contributed by atoms with Crippen molar-refractivity contribution in [2.45, 2.75) is 24.0 Å². The Morgan fingerprint density at radius 1 is 1.55 bits per heavy atom. The van der Waals surface area contributed by atoms with Crippen molar-refractivity contribution in [1.82, 2.24) is 4.31 Å². The van der Waals surface area contributed by atoms with Gasteiger partial charge >= 0.3 is 0 Å². The van der Waals surface area contributed by atoms with E-state index in [4.69, 9.17) is 10.00 Å². The van der Waals surface area contributed by atoms with Crippen LogP contribution in [0.3, 0.4) is 0 Å². The van der Waals surface area contributed by atoms with E-state index in [1.807, 2.05) is 6.07 Å². The van der Waals surface area contributed by atoms with Gasteiger partial charge < -0.3 is 9.84 Å². The summed E-state index contributed by atoms with van der Waals surface area (Å²) in [6.45, 7) is 2.02. The number of nitrogens with zero attached hydrogens (tertiary/aromatic N) is 2. The molecule has 0 aromatic heterocycles. The van der Waals surface area contributed by atoms with Gasteiger partial charge in [-0.2, -0.15) is 9.57 Å². The molecule has 0 radical (unpaired) electrons. The number of rotatable bonds is 3. The number of sulfonamides is 1. The van der Waals surface area contributed by atoms with Crippen molar-refractivity contribution in [2.75, 3.05) is 19.7 Å². The fourth-order valence-corrected chi connectivity index (χ4v) is 3.49. The Bertz CT molecular complexity index is 622. The maximum absolute atomic E-state index is 12.5. The topological polar surface area (TPSA) is 90.6 Å². The van der Waals surface area contributed by atoms with Crippen molar-refractivity contribution >= 4 is 10.0 Å². The van der Waals surface area contributed by atoms with E-state index < -0.39 is 22.2 Å². The van der Waals surface area contributed by atoms with Gasteiger partial charge in [0.15, 0.2) is 6.10 Å². The maximum atomic E-state index is 12.5. The van der Waals surface area contributed by atoms with E-state index in [9.17, 15) is 13.5 Å². The molecule has 1 aromatic carbocycles. The molecule has 1 saturated heterocycles. The zero-order valence-corrected chi connectivity index (χ0v) is 11.9. The smallest absolute Gasteiger partial charge is 0.243 e. The summed E-state index contributed by atoms with van der Waals surface area (Å²) in [7, 11) is -3.67. The summed E-state index contributed by atoms with van der Waals surface area (Å²) in [4.78, 5) is 0.120. The predicted octanol–water partition coefficient (Wildman–Crippen LogP) is 0.653. The van der Waals surface area contributed by atoms with E-state index in [1.54, 1.807) is 19.1 Å². The highest BCUT2D eigenvalue weighted by Crippen LogP contribution is 2.22. The van der Waals surface area contributed by atoms with Crippen LogP contribution in [0.4, 0.5) is 0 Å². The fourth-order valence-electron chi connectivity index (χ4n) is 2.01. The van der Waals surface area contributed by atoms with Crippen LogP contribution >= 0.6 is 0 Å². The van der Waals surface area contributed by atoms with Gasteiger partial charge in [-0.3, -0.25) is 0 Å². The molecule has 0 spiro atoms. The number of morpholine rings is 1. The van der Waals surface area contributed by atoms with E-state index in [2.05, 4.69) is 0 Å². The third-order valence-corrected chi connectivity index (χ3v) is 5.01. The van der Waals surface area contributed by atoms with Crippen molar-refractivity contribution in [1.29, 1.82) is 5.26 Å². The van der Waals surface area contributed by atoms with E-state index in [-0.39, 0.29) is 24.6 Å². The average molecular weight is 296 g/mol. The normalized spacial score (nSPS) is 22.1. The zero-order chi connectivity index (χ0) is 14.8. The lowest BCUT2D eigenvalue weighted by atomic mass is 10.1. The molecule has 2 atom stereocenters. The first-order chi connectivity index (χ1) is 9.45. The standard InChI is InChI=1S/C13H16N2O4S/c1-10(16)11-3-2-4-13(7-11)20(17,18)15-5-6-19-12(8-14)9-15/h2-4,7,10,12,16H,5-6,9H2,1H3. The molecule has 1 heterocycles. The third kappa shape index (κ3) is 2.99. The summed E-state index contributed by atoms with van der Waals surface area (Å²) >= 11 is 0. The first-order valence-electron chi connectivity index (χ1n) is 6.24. The van der Waals surface area contributed by atoms with Gasteiger partial charge in [-0.15, -0.1) is 0 Å². The first-order valence-corrected chi connectivity index (χ1v) is 7.68. The molecule has 0 amide bonds. The number of ether oxygens (including phenoxy) is 1. The SMILES string of the molecule is CC(O)c1cccc(S(=O)(=O)N2CCOC(C#N)C2)c1. The molecule has 0 aliphatic carbocycles. The molecule has 1 N–H and O–H groups in total. The van der Waals surface area contributed by atoms with E-state index in [0.717, 1.165) is 0 Å². The first kappa shape index (κ1) is 14.9. The number of aliphatic hydroxyl groups excluding tert-OH is 1. The molecule has 7 heteroatoms.